The minimum Gasteiger partial charge on any atom is -0.508 e. The summed E-state index contributed by atoms with van der Waals surface area (Å²) in [6, 6.07) is 7.24. The summed E-state index contributed by atoms with van der Waals surface area (Å²) in [5.41, 5.74) is 5.77. The van der Waals surface area contributed by atoms with E-state index in [1.165, 1.54) is 0 Å². The summed E-state index contributed by atoms with van der Waals surface area (Å²) in [6.45, 7) is 0.615. The van der Waals surface area contributed by atoms with E-state index >= 15 is 0 Å². The number of benzene rings is 1. The second-order valence-electron chi connectivity index (χ2n) is 4.67. The van der Waals surface area contributed by atoms with E-state index in [0.29, 0.717) is 6.54 Å². The lowest BCUT2D eigenvalue weighted by Gasteiger charge is -2.17. The molecule has 0 unspecified atom stereocenters. The van der Waals surface area contributed by atoms with Gasteiger partial charge in [0.25, 0.3) is 0 Å². The average molecular weight is 229 g/mol. The molecule has 17 heavy (non-hydrogen) atoms. The van der Waals surface area contributed by atoms with Crippen LogP contribution in [0.15, 0.2) is 30.5 Å². The Morgan fingerprint density at radius 2 is 2.18 bits per heavy atom. The molecule has 1 fully saturated rings. The lowest BCUT2D eigenvalue weighted by Crippen LogP contribution is -2.31. The van der Waals surface area contributed by atoms with Crippen molar-refractivity contribution in [3.8, 4) is 5.75 Å². The second kappa shape index (κ2) is 3.60. The SMILES string of the molecule is NCC1(Nc2nccc3ccc(O)cc23)CC1. The Morgan fingerprint density at radius 1 is 1.35 bits per heavy atom. The quantitative estimate of drug-likeness (QED) is 0.751. The van der Waals surface area contributed by atoms with Crippen LogP contribution in [0.2, 0.25) is 0 Å². The van der Waals surface area contributed by atoms with E-state index in [1.807, 2.05) is 12.1 Å². The minimum absolute atomic E-state index is 0.0206. The van der Waals surface area contributed by atoms with Gasteiger partial charge in [0, 0.05) is 18.1 Å². The van der Waals surface area contributed by atoms with Gasteiger partial charge < -0.3 is 16.2 Å². The fourth-order valence-electron chi connectivity index (χ4n) is 2.04. The summed E-state index contributed by atoms with van der Waals surface area (Å²) in [7, 11) is 0. The zero-order valence-corrected chi connectivity index (χ0v) is 9.48. The minimum atomic E-state index is 0.0206. The number of aromatic hydroxyl groups is 1. The van der Waals surface area contributed by atoms with Gasteiger partial charge in [-0.25, -0.2) is 4.98 Å². The Kier molecular flexibility index (Phi) is 2.19. The van der Waals surface area contributed by atoms with E-state index in [0.717, 1.165) is 29.4 Å². The molecule has 1 saturated carbocycles. The molecule has 0 amide bonds. The van der Waals surface area contributed by atoms with E-state index in [4.69, 9.17) is 5.73 Å². The molecule has 2 aromatic rings. The summed E-state index contributed by atoms with van der Waals surface area (Å²) < 4.78 is 0. The highest BCUT2D eigenvalue weighted by Gasteiger charge is 2.41. The van der Waals surface area contributed by atoms with Crippen LogP contribution in [0.25, 0.3) is 10.8 Å². The molecule has 1 aliphatic rings. The van der Waals surface area contributed by atoms with Gasteiger partial charge >= 0.3 is 0 Å². The number of hydrogen-bond acceptors (Lipinski definition) is 4. The van der Waals surface area contributed by atoms with Gasteiger partial charge in [0.05, 0.1) is 5.54 Å². The molecule has 4 N–H and O–H groups in total. The fourth-order valence-corrected chi connectivity index (χ4v) is 2.04. The maximum absolute atomic E-state index is 9.55. The lowest BCUT2D eigenvalue weighted by molar-refractivity contribution is 0.476. The molecule has 4 nitrogen and oxygen atoms in total. The number of hydrogen-bond donors (Lipinski definition) is 3. The van der Waals surface area contributed by atoms with Crippen LogP contribution in [-0.4, -0.2) is 22.2 Å². The first-order chi connectivity index (χ1) is 8.22. The van der Waals surface area contributed by atoms with Crippen LogP contribution in [0.3, 0.4) is 0 Å². The average Bonchev–Trinajstić information content (AvgIpc) is 3.11. The van der Waals surface area contributed by atoms with Crippen molar-refractivity contribution in [1.29, 1.82) is 0 Å². The molecular weight excluding hydrogens is 214 g/mol. The van der Waals surface area contributed by atoms with Crippen molar-refractivity contribution >= 4 is 16.6 Å². The number of fused-ring (bicyclic) bond motifs is 1. The van der Waals surface area contributed by atoms with Gasteiger partial charge in [0.1, 0.15) is 11.6 Å². The number of phenolic OH excluding ortho intramolecular Hbond substituents is 1. The Morgan fingerprint density at radius 3 is 2.88 bits per heavy atom. The van der Waals surface area contributed by atoms with E-state index in [1.54, 1.807) is 18.3 Å². The summed E-state index contributed by atoms with van der Waals surface area (Å²) in [4.78, 5) is 4.34. The molecule has 1 heterocycles. The van der Waals surface area contributed by atoms with Crippen LogP contribution in [0.1, 0.15) is 12.8 Å². The van der Waals surface area contributed by atoms with Crippen molar-refractivity contribution in [2.24, 2.45) is 5.73 Å². The van der Waals surface area contributed by atoms with Gasteiger partial charge in [-0.1, -0.05) is 6.07 Å². The first-order valence-electron chi connectivity index (χ1n) is 5.78. The third-order valence-electron chi connectivity index (χ3n) is 3.38. The van der Waals surface area contributed by atoms with Crippen LogP contribution in [-0.2, 0) is 0 Å². The molecule has 88 valence electrons. The number of pyridine rings is 1. The monoisotopic (exact) mass is 229 g/mol. The standard InChI is InChI=1S/C13H15N3O/c14-8-13(4-5-13)16-12-11-7-10(17)2-1-9(11)3-6-15-12/h1-3,6-7,17H,4-5,8,14H2,(H,15,16). The Labute approximate surface area is 99.5 Å². The van der Waals surface area contributed by atoms with Crippen molar-refractivity contribution in [2.45, 2.75) is 18.4 Å². The zero-order chi connectivity index (χ0) is 11.9. The van der Waals surface area contributed by atoms with Crippen LogP contribution in [0, 0.1) is 0 Å². The van der Waals surface area contributed by atoms with Crippen molar-refractivity contribution in [3.63, 3.8) is 0 Å². The normalized spacial score (nSPS) is 17.0. The highest BCUT2D eigenvalue weighted by atomic mass is 16.3. The molecule has 0 bridgehead atoms. The van der Waals surface area contributed by atoms with Crippen molar-refractivity contribution in [3.05, 3.63) is 30.5 Å². The van der Waals surface area contributed by atoms with E-state index < -0.39 is 0 Å². The van der Waals surface area contributed by atoms with Crippen LogP contribution in [0.5, 0.6) is 5.75 Å². The first-order valence-corrected chi connectivity index (χ1v) is 5.78. The third-order valence-corrected chi connectivity index (χ3v) is 3.38. The molecule has 1 aromatic carbocycles. The van der Waals surface area contributed by atoms with Gasteiger partial charge in [-0.2, -0.15) is 0 Å². The summed E-state index contributed by atoms with van der Waals surface area (Å²) in [5.74, 6) is 1.06. The van der Waals surface area contributed by atoms with Crippen LogP contribution < -0.4 is 11.1 Å². The first kappa shape index (κ1) is 10.4. The van der Waals surface area contributed by atoms with Crippen LogP contribution >= 0.6 is 0 Å². The van der Waals surface area contributed by atoms with Gasteiger partial charge in [-0.05, 0) is 36.4 Å². The Bertz CT molecular complexity index is 564. The summed E-state index contributed by atoms with van der Waals surface area (Å²) in [5, 5.41) is 14.9. The number of anilines is 1. The largest absolute Gasteiger partial charge is 0.508 e. The summed E-state index contributed by atoms with van der Waals surface area (Å²) >= 11 is 0. The molecular formula is C13H15N3O. The lowest BCUT2D eigenvalue weighted by atomic mass is 10.1. The number of nitrogens with zero attached hydrogens (tertiary/aromatic N) is 1. The molecule has 1 aromatic heterocycles. The number of nitrogens with one attached hydrogen (secondary N) is 1. The van der Waals surface area contributed by atoms with Gasteiger partial charge in [-0.3, -0.25) is 0 Å². The van der Waals surface area contributed by atoms with Crippen molar-refractivity contribution in [2.75, 3.05) is 11.9 Å². The highest BCUT2D eigenvalue weighted by molar-refractivity contribution is 5.93. The molecule has 1 aliphatic carbocycles. The number of rotatable bonds is 3. The predicted octanol–water partition coefficient (Wildman–Crippen LogP) is 1.84. The number of phenols is 1. The smallest absolute Gasteiger partial charge is 0.134 e. The predicted molar refractivity (Wildman–Crippen MR) is 68.0 cm³/mol. The third kappa shape index (κ3) is 1.80. The molecule has 0 saturated heterocycles. The topological polar surface area (TPSA) is 71.2 Å². The number of nitrogens with two attached hydrogens (primary N) is 1. The molecule has 4 heteroatoms. The van der Waals surface area contributed by atoms with E-state index in [-0.39, 0.29) is 11.3 Å². The number of aromatic nitrogens is 1. The van der Waals surface area contributed by atoms with Gasteiger partial charge in [0.2, 0.25) is 0 Å². The van der Waals surface area contributed by atoms with Crippen LogP contribution in [0.4, 0.5) is 5.82 Å². The zero-order valence-electron chi connectivity index (χ0n) is 9.48. The second-order valence-corrected chi connectivity index (χ2v) is 4.67. The van der Waals surface area contributed by atoms with Gasteiger partial charge in [-0.15, -0.1) is 0 Å². The maximum atomic E-state index is 9.55. The summed E-state index contributed by atoms with van der Waals surface area (Å²) in [6.07, 6.45) is 3.94. The van der Waals surface area contributed by atoms with Crippen molar-refractivity contribution < 1.29 is 5.11 Å². The Balaban J connectivity index is 2.06. The molecule has 0 aliphatic heterocycles. The van der Waals surface area contributed by atoms with Crippen molar-refractivity contribution in [1.82, 2.24) is 4.98 Å². The Hall–Kier alpha value is -1.81. The fraction of sp³-hybridized carbons (Fsp3) is 0.308. The van der Waals surface area contributed by atoms with Gasteiger partial charge in [0.15, 0.2) is 0 Å². The van der Waals surface area contributed by atoms with E-state index in [9.17, 15) is 5.11 Å². The molecule has 3 rings (SSSR count). The molecule has 0 spiro atoms. The maximum Gasteiger partial charge on any atom is 0.134 e. The molecule has 0 atom stereocenters. The van der Waals surface area contributed by atoms with E-state index in [2.05, 4.69) is 10.3 Å². The highest BCUT2D eigenvalue weighted by Crippen LogP contribution is 2.39. The molecule has 0 radical (unpaired) electrons.